The monoisotopic (exact) mass is 425 g/mol. The van der Waals surface area contributed by atoms with Gasteiger partial charge in [0.25, 0.3) is 0 Å². The van der Waals surface area contributed by atoms with Gasteiger partial charge in [-0.3, -0.25) is 5.10 Å². The van der Waals surface area contributed by atoms with Crippen molar-refractivity contribution in [2.24, 2.45) is 0 Å². The van der Waals surface area contributed by atoms with Gasteiger partial charge in [-0.2, -0.15) is 5.10 Å². The van der Waals surface area contributed by atoms with E-state index in [-0.39, 0.29) is 22.3 Å². The highest BCUT2D eigenvalue weighted by molar-refractivity contribution is 7.91. The van der Waals surface area contributed by atoms with Gasteiger partial charge in [0, 0.05) is 11.5 Å². The lowest BCUT2D eigenvalue weighted by atomic mass is 10.3. The van der Waals surface area contributed by atoms with Crippen molar-refractivity contribution >= 4 is 30.8 Å². The van der Waals surface area contributed by atoms with E-state index in [1.807, 2.05) is 0 Å². The maximum atomic E-state index is 12.6. The number of aliphatic hydroxyl groups is 1. The van der Waals surface area contributed by atoms with Crippen molar-refractivity contribution in [1.82, 2.24) is 14.9 Å². The van der Waals surface area contributed by atoms with Crippen molar-refractivity contribution in [3.05, 3.63) is 48.5 Å². The summed E-state index contributed by atoms with van der Waals surface area (Å²) in [5.74, 6) is -0.381. The van der Waals surface area contributed by atoms with E-state index in [9.17, 15) is 21.9 Å². The number of hydrogen-bond acceptors (Lipinski definition) is 7. The summed E-state index contributed by atoms with van der Waals surface area (Å²) in [4.78, 5) is -0.00135. The predicted molar refractivity (Wildman–Crippen MR) is 102 cm³/mol. The molecular weight excluding hydrogens is 406 g/mol. The third kappa shape index (κ3) is 4.33. The second-order valence-corrected chi connectivity index (χ2v) is 9.86. The fourth-order valence-corrected chi connectivity index (χ4v) is 4.82. The van der Waals surface area contributed by atoms with Crippen molar-refractivity contribution in [1.29, 1.82) is 0 Å². The molecule has 150 valence electrons. The van der Waals surface area contributed by atoms with E-state index >= 15 is 0 Å². The highest BCUT2D eigenvalue weighted by Crippen LogP contribution is 2.22. The molecule has 0 spiro atoms. The maximum absolute atomic E-state index is 12.6. The third-order valence-corrected chi connectivity index (χ3v) is 7.15. The zero-order valence-electron chi connectivity index (χ0n) is 14.9. The average Bonchev–Trinajstić information content (AvgIpc) is 3.11. The van der Waals surface area contributed by atoms with Crippen LogP contribution in [0.2, 0.25) is 0 Å². The van der Waals surface area contributed by atoms with Gasteiger partial charge in [-0.25, -0.2) is 21.6 Å². The number of aromatic nitrogens is 2. The molecule has 0 radical (unpaired) electrons. The van der Waals surface area contributed by atoms with Crippen LogP contribution in [0.4, 0.5) is 0 Å². The lowest BCUT2D eigenvalue weighted by Crippen LogP contribution is -2.27. The summed E-state index contributed by atoms with van der Waals surface area (Å²) in [6, 6.07) is 12.4. The molecule has 2 aromatic carbocycles. The topological polar surface area (TPSA) is 138 Å². The second-order valence-electron chi connectivity index (χ2n) is 6.00. The number of aromatic amines is 1. The number of nitrogens with one attached hydrogen (secondary N) is 2. The Kier molecular flexibility index (Phi) is 5.70. The van der Waals surface area contributed by atoms with Gasteiger partial charge in [-0.15, -0.1) is 0 Å². The van der Waals surface area contributed by atoms with E-state index in [1.165, 1.54) is 31.3 Å². The number of hydrogen-bond donors (Lipinski definition) is 3. The molecular formula is C17H19N3O6S2. The van der Waals surface area contributed by atoms with Gasteiger partial charge in [0.1, 0.15) is 18.5 Å². The Morgan fingerprint density at radius 3 is 2.64 bits per heavy atom. The Labute approximate surface area is 162 Å². The Balaban J connectivity index is 1.69. The van der Waals surface area contributed by atoms with E-state index in [0.717, 1.165) is 0 Å². The van der Waals surface area contributed by atoms with Crippen LogP contribution in [0.15, 0.2) is 58.5 Å². The molecule has 3 rings (SSSR count). The molecule has 0 amide bonds. The van der Waals surface area contributed by atoms with Crippen LogP contribution in [-0.2, 0) is 19.9 Å². The lowest BCUT2D eigenvalue weighted by molar-refractivity contribution is 0.124. The van der Waals surface area contributed by atoms with Crippen LogP contribution < -0.4 is 9.46 Å². The van der Waals surface area contributed by atoms with Gasteiger partial charge in [0.15, 0.2) is 14.9 Å². The first-order valence-corrected chi connectivity index (χ1v) is 11.4. The molecule has 1 aromatic heterocycles. The molecule has 0 saturated carbocycles. The Bertz CT molecular complexity index is 1190. The highest BCUT2D eigenvalue weighted by atomic mass is 32.2. The van der Waals surface area contributed by atoms with Crippen LogP contribution in [0, 0.1) is 0 Å². The van der Waals surface area contributed by atoms with Crippen molar-refractivity contribution in [3.8, 4) is 5.75 Å². The maximum Gasteiger partial charge on any atom is 0.240 e. The summed E-state index contributed by atoms with van der Waals surface area (Å²) in [6.45, 7) is -0.325. The van der Waals surface area contributed by atoms with Crippen LogP contribution >= 0.6 is 0 Å². The van der Waals surface area contributed by atoms with Gasteiger partial charge in [-0.05, 0) is 31.3 Å². The normalized spacial score (nSPS) is 13.5. The first-order chi connectivity index (χ1) is 13.2. The molecule has 3 N–H and O–H groups in total. The summed E-state index contributed by atoms with van der Waals surface area (Å²) in [7, 11) is -6.19. The molecule has 28 heavy (non-hydrogen) atoms. The van der Waals surface area contributed by atoms with Gasteiger partial charge in [0.2, 0.25) is 10.0 Å². The number of sulfone groups is 1. The second kappa shape index (κ2) is 7.87. The van der Waals surface area contributed by atoms with E-state index in [1.54, 1.807) is 24.3 Å². The van der Waals surface area contributed by atoms with Crippen molar-refractivity contribution in [3.63, 3.8) is 0 Å². The molecule has 11 heteroatoms. The number of rotatable bonds is 8. The number of nitrogens with zero attached hydrogens (tertiary/aromatic N) is 1. The standard InChI is InChI=1S/C17H19N3O6S2/c1-18-28(24,25)14-6-4-5-13(9-14)26-10-12(21)11-27(22,23)17-15-7-2-3-8-16(15)19-20-17/h2-9,12,18,21H,10-11H2,1H3,(H,19,20)/t12-/m0/s1. The number of para-hydroxylation sites is 1. The largest absolute Gasteiger partial charge is 0.491 e. The average molecular weight is 425 g/mol. The predicted octanol–water partition coefficient (Wildman–Crippen LogP) is 0.685. The fraction of sp³-hybridized carbons (Fsp3) is 0.235. The van der Waals surface area contributed by atoms with Crippen LogP contribution in [0.3, 0.4) is 0 Å². The first-order valence-electron chi connectivity index (χ1n) is 8.23. The highest BCUT2D eigenvalue weighted by Gasteiger charge is 2.24. The van der Waals surface area contributed by atoms with Gasteiger partial charge in [-0.1, -0.05) is 18.2 Å². The number of benzene rings is 2. The molecule has 0 fully saturated rings. The zero-order valence-corrected chi connectivity index (χ0v) is 16.5. The third-order valence-electron chi connectivity index (χ3n) is 3.98. The van der Waals surface area contributed by atoms with Crippen molar-refractivity contribution in [2.45, 2.75) is 16.0 Å². The van der Waals surface area contributed by atoms with Gasteiger partial charge >= 0.3 is 0 Å². The molecule has 0 aliphatic rings. The smallest absolute Gasteiger partial charge is 0.240 e. The van der Waals surface area contributed by atoms with Crippen LogP contribution in [0.25, 0.3) is 10.9 Å². The summed E-state index contributed by atoms with van der Waals surface area (Å²) >= 11 is 0. The number of fused-ring (bicyclic) bond motifs is 1. The van der Waals surface area contributed by atoms with E-state index in [0.29, 0.717) is 10.9 Å². The first kappa shape index (κ1) is 20.3. The minimum atomic E-state index is -3.84. The molecule has 1 heterocycles. The van der Waals surface area contributed by atoms with E-state index in [4.69, 9.17) is 4.74 Å². The number of sulfonamides is 1. The van der Waals surface area contributed by atoms with Crippen molar-refractivity contribution < 1.29 is 26.7 Å². The molecule has 0 bridgehead atoms. The minimum absolute atomic E-state index is 0.00135. The molecule has 0 aliphatic carbocycles. The van der Waals surface area contributed by atoms with Crippen LogP contribution in [0.5, 0.6) is 5.75 Å². The Morgan fingerprint density at radius 1 is 1.14 bits per heavy atom. The zero-order chi connectivity index (χ0) is 20.4. The number of aliphatic hydroxyl groups excluding tert-OH is 1. The fourth-order valence-electron chi connectivity index (χ4n) is 2.60. The summed E-state index contributed by atoms with van der Waals surface area (Å²) in [5.41, 5.74) is 0.509. The minimum Gasteiger partial charge on any atom is -0.491 e. The molecule has 3 aromatic rings. The Morgan fingerprint density at radius 2 is 1.89 bits per heavy atom. The molecule has 9 nitrogen and oxygen atoms in total. The van der Waals surface area contributed by atoms with E-state index < -0.39 is 31.7 Å². The van der Waals surface area contributed by atoms with E-state index in [2.05, 4.69) is 14.9 Å². The lowest BCUT2D eigenvalue weighted by Gasteiger charge is -2.13. The SMILES string of the molecule is CNS(=O)(=O)c1cccc(OC[C@H](O)CS(=O)(=O)c2[nH]nc3ccccc23)c1. The molecule has 0 aliphatic heterocycles. The van der Waals surface area contributed by atoms with Gasteiger partial charge < -0.3 is 9.84 Å². The summed E-state index contributed by atoms with van der Waals surface area (Å²) in [6.07, 6.45) is -1.32. The number of ether oxygens (including phenoxy) is 1. The molecule has 0 unspecified atom stereocenters. The quantitative estimate of drug-likeness (QED) is 0.482. The van der Waals surface area contributed by atoms with Gasteiger partial charge in [0.05, 0.1) is 16.2 Å². The molecule has 1 atom stereocenters. The van der Waals surface area contributed by atoms with Crippen molar-refractivity contribution in [2.75, 3.05) is 19.4 Å². The Hall–Kier alpha value is -2.47. The summed E-state index contributed by atoms with van der Waals surface area (Å²) < 4.78 is 56.3. The summed E-state index contributed by atoms with van der Waals surface area (Å²) in [5, 5.41) is 16.9. The van der Waals surface area contributed by atoms with Crippen LogP contribution in [0.1, 0.15) is 0 Å². The number of H-pyrrole nitrogens is 1. The molecule has 0 saturated heterocycles. The van der Waals surface area contributed by atoms with Crippen LogP contribution in [-0.4, -0.2) is 57.7 Å².